The summed E-state index contributed by atoms with van der Waals surface area (Å²) in [5.41, 5.74) is 1.94. The highest BCUT2D eigenvalue weighted by molar-refractivity contribution is 6.31. The molecule has 0 aliphatic heterocycles. The maximum Gasteiger partial charge on any atom is 0.128 e. The number of fused-ring (bicyclic) bond motifs is 1. The fraction of sp³-hybridized carbons (Fsp3) is 0.562. The quantitative estimate of drug-likeness (QED) is 0.679. The molecular weight excluding hydrogens is 307 g/mol. The zero-order valence-electron chi connectivity index (χ0n) is 12.9. The van der Waals surface area contributed by atoms with E-state index in [1.54, 1.807) is 0 Å². The molecule has 2 aromatic rings. The van der Waals surface area contributed by atoms with Gasteiger partial charge in [0, 0.05) is 11.6 Å². The van der Waals surface area contributed by atoms with Crippen molar-refractivity contribution < 1.29 is 4.74 Å². The molecule has 0 amide bonds. The Labute approximate surface area is 136 Å². The molecule has 0 saturated heterocycles. The Morgan fingerprint density at radius 2 is 2.00 bits per heavy atom. The summed E-state index contributed by atoms with van der Waals surface area (Å²) < 4.78 is 7.88. The Morgan fingerprint density at radius 1 is 1.29 bits per heavy atom. The monoisotopic (exact) mass is 328 g/mol. The SMILES string of the molecule is CCOCC(C(C)C)n1c(C(C)Cl)nc2cc(Cl)ccc21. The standard InChI is InChI=1S/C16H22Cl2N2O/c1-5-21-9-15(10(2)3)20-14-7-6-12(18)8-13(14)19-16(20)11(4)17/h6-8,10-11,15H,5,9H2,1-4H3. The lowest BCUT2D eigenvalue weighted by atomic mass is 10.0. The van der Waals surface area contributed by atoms with Crippen LogP contribution in [0.1, 0.15) is 44.9 Å². The highest BCUT2D eigenvalue weighted by Gasteiger charge is 2.24. The van der Waals surface area contributed by atoms with Gasteiger partial charge in [0.1, 0.15) is 5.82 Å². The van der Waals surface area contributed by atoms with Crippen LogP contribution in [0.15, 0.2) is 18.2 Å². The van der Waals surface area contributed by atoms with E-state index in [9.17, 15) is 0 Å². The van der Waals surface area contributed by atoms with E-state index in [1.807, 2.05) is 32.0 Å². The number of aromatic nitrogens is 2. The maximum atomic E-state index is 6.35. The summed E-state index contributed by atoms with van der Waals surface area (Å²) in [5.74, 6) is 1.28. The molecule has 0 saturated carbocycles. The minimum Gasteiger partial charge on any atom is -0.380 e. The van der Waals surface area contributed by atoms with Gasteiger partial charge in [0.25, 0.3) is 0 Å². The lowest BCUT2D eigenvalue weighted by Gasteiger charge is -2.25. The third-order valence-electron chi connectivity index (χ3n) is 3.63. The molecule has 0 aliphatic carbocycles. The minimum atomic E-state index is -0.168. The van der Waals surface area contributed by atoms with Crippen molar-refractivity contribution in [2.24, 2.45) is 5.92 Å². The Balaban J connectivity index is 2.59. The Morgan fingerprint density at radius 3 is 2.57 bits per heavy atom. The Hall–Kier alpha value is -0.770. The molecule has 2 atom stereocenters. The van der Waals surface area contributed by atoms with Crippen molar-refractivity contribution in [3.63, 3.8) is 0 Å². The fourth-order valence-electron chi connectivity index (χ4n) is 2.52. The molecular formula is C16H22Cl2N2O. The molecule has 2 unspecified atom stereocenters. The molecule has 5 heteroatoms. The first-order valence-electron chi connectivity index (χ1n) is 7.34. The first-order chi connectivity index (χ1) is 9.95. The lowest BCUT2D eigenvalue weighted by Crippen LogP contribution is -2.23. The van der Waals surface area contributed by atoms with Crippen LogP contribution < -0.4 is 0 Å². The molecule has 0 radical (unpaired) electrons. The largest absolute Gasteiger partial charge is 0.380 e. The number of rotatable bonds is 6. The highest BCUT2D eigenvalue weighted by atomic mass is 35.5. The van der Waals surface area contributed by atoms with Crippen molar-refractivity contribution in [3.05, 3.63) is 29.0 Å². The summed E-state index contributed by atoms with van der Waals surface area (Å²) in [5, 5.41) is 0.519. The van der Waals surface area contributed by atoms with Crippen LogP contribution in [0.25, 0.3) is 11.0 Å². The zero-order valence-corrected chi connectivity index (χ0v) is 14.4. The van der Waals surface area contributed by atoms with E-state index in [2.05, 4.69) is 23.4 Å². The van der Waals surface area contributed by atoms with Crippen LogP contribution in [-0.4, -0.2) is 22.8 Å². The number of alkyl halides is 1. The van der Waals surface area contributed by atoms with Crippen molar-refractivity contribution in [1.29, 1.82) is 0 Å². The fourth-order valence-corrected chi connectivity index (χ4v) is 2.84. The summed E-state index contributed by atoms with van der Waals surface area (Å²) in [4.78, 5) is 4.68. The first kappa shape index (κ1) is 16.6. The third kappa shape index (κ3) is 3.53. The number of ether oxygens (including phenoxy) is 1. The van der Waals surface area contributed by atoms with Crippen molar-refractivity contribution in [2.75, 3.05) is 13.2 Å². The molecule has 0 bridgehead atoms. The average Bonchev–Trinajstić information content (AvgIpc) is 2.77. The van der Waals surface area contributed by atoms with Crippen LogP contribution in [0.4, 0.5) is 0 Å². The third-order valence-corrected chi connectivity index (χ3v) is 4.06. The molecule has 0 N–H and O–H groups in total. The molecule has 2 rings (SSSR count). The van der Waals surface area contributed by atoms with Crippen molar-refractivity contribution in [3.8, 4) is 0 Å². The second-order valence-electron chi connectivity index (χ2n) is 5.56. The van der Waals surface area contributed by atoms with Gasteiger partial charge in [-0.2, -0.15) is 0 Å². The van der Waals surface area contributed by atoms with E-state index in [4.69, 9.17) is 27.9 Å². The van der Waals surface area contributed by atoms with Crippen LogP contribution in [0.5, 0.6) is 0 Å². The van der Waals surface area contributed by atoms with Gasteiger partial charge in [-0.05, 0) is 38.0 Å². The van der Waals surface area contributed by atoms with Gasteiger partial charge in [-0.1, -0.05) is 25.4 Å². The van der Waals surface area contributed by atoms with Gasteiger partial charge in [0.15, 0.2) is 0 Å². The van der Waals surface area contributed by atoms with Gasteiger partial charge in [0.2, 0.25) is 0 Å². The van der Waals surface area contributed by atoms with E-state index >= 15 is 0 Å². The normalized spacial score (nSPS) is 14.8. The van der Waals surface area contributed by atoms with E-state index in [-0.39, 0.29) is 11.4 Å². The molecule has 1 aromatic carbocycles. The van der Waals surface area contributed by atoms with E-state index in [0.29, 0.717) is 24.2 Å². The smallest absolute Gasteiger partial charge is 0.128 e. The van der Waals surface area contributed by atoms with Crippen LogP contribution in [0.3, 0.4) is 0 Å². The summed E-state index contributed by atoms with van der Waals surface area (Å²) in [6.07, 6.45) is 0. The van der Waals surface area contributed by atoms with Crippen molar-refractivity contribution >= 4 is 34.2 Å². The maximum absolute atomic E-state index is 6.35. The van der Waals surface area contributed by atoms with E-state index in [1.165, 1.54) is 0 Å². The van der Waals surface area contributed by atoms with Gasteiger partial charge < -0.3 is 9.30 Å². The lowest BCUT2D eigenvalue weighted by molar-refractivity contribution is 0.0968. The van der Waals surface area contributed by atoms with E-state index < -0.39 is 0 Å². The Bertz CT molecular complexity index is 608. The van der Waals surface area contributed by atoms with Crippen LogP contribution in [0.2, 0.25) is 5.02 Å². The predicted molar refractivity (Wildman–Crippen MR) is 89.4 cm³/mol. The second-order valence-corrected chi connectivity index (χ2v) is 6.65. The second kappa shape index (κ2) is 6.99. The number of halogens is 2. The predicted octanol–water partition coefficient (Wildman–Crippen LogP) is 5.22. The molecule has 0 spiro atoms. The molecule has 0 aliphatic rings. The average molecular weight is 329 g/mol. The summed E-state index contributed by atoms with van der Waals surface area (Å²) in [7, 11) is 0. The molecule has 3 nitrogen and oxygen atoms in total. The molecule has 116 valence electrons. The summed E-state index contributed by atoms with van der Waals surface area (Å²) >= 11 is 12.4. The molecule has 0 fully saturated rings. The first-order valence-corrected chi connectivity index (χ1v) is 8.16. The number of nitrogens with zero attached hydrogens (tertiary/aromatic N) is 2. The van der Waals surface area contributed by atoms with Crippen LogP contribution in [0, 0.1) is 5.92 Å². The van der Waals surface area contributed by atoms with Gasteiger partial charge in [-0.25, -0.2) is 4.98 Å². The van der Waals surface area contributed by atoms with Gasteiger partial charge in [0.05, 0.1) is 29.1 Å². The zero-order chi connectivity index (χ0) is 15.6. The minimum absolute atomic E-state index is 0.168. The van der Waals surface area contributed by atoms with Crippen molar-refractivity contribution in [2.45, 2.75) is 39.1 Å². The summed E-state index contributed by atoms with van der Waals surface area (Å²) in [6.45, 7) is 9.68. The molecule has 1 heterocycles. The molecule has 21 heavy (non-hydrogen) atoms. The van der Waals surface area contributed by atoms with E-state index in [0.717, 1.165) is 16.9 Å². The van der Waals surface area contributed by atoms with Crippen LogP contribution >= 0.6 is 23.2 Å². The summed E-state index contributed by atoms with van der Waals surface area (Å²) in [6, 6.07) is 5.98. The topological polar surface area (TPSA) is 27.1 Å². The highest BCUT2D eigenvalue weighted by Crippen LogP contribution is 2.32. The molecule has 1 aromatic heterocycles. The number of hydrogen-bond acceptors (Lipinski definition) is 2. The number of hydrogen-bond donors (Lipinski definition) is 0. The number of benzene rings is 1. The Kier molecular flexibility index (Phi) is 5.53. The van der Waals surface area contributed by atoms with Gasteiger partial charge in [-0.3, -0.25) is 0 Å². The van der Waals surface area contributed by atoms with Gasteiger partial charge >= 0.3 is 0 Å². The van der Waals surface area contributed by atoms with Crippen LogP contribution in [-0.2, 0) is 4.74 Å². The van der Waals surface area contributed by atoms with Crippen molar-refractivity contribution in [1.82, 2.24) is 9.55 Å². The van der Waals surface area contributed by atoms with Gasteiger partial charge in [-0.15, -0.1) is 11.6 Å². The number of imidazole rings is 1.